The van der Waals surface area contributed by atoms with Crippen molar-refractivity contribution in [3.05, 3.63) is 96.1 Å². The third-order valence-corrected chi connectivity index (χ3v) is 8.25. The predicted molar refractivity (Wildman–Crippen MR) is 135 cm³/mol. The van der Waals surface area contributed by atoms with Crippen LogP contribution in [0.3, 0.4) is 0 Å². The molecular weight excluding hydrogens is 428 g/mol. The average Bonchev–Trinajstić information content (AvgIpc) is 3.22. The Labute approximate surface area is 201 Å². The Bertz CT molecular complexity index is 1030. The highest BCUT2D eigenvalue weighted by atomic mass is 32.2. The van der Waals surface area contributed by atoms with Gasteiger partial charge in [-0.1, -0.05) is 72.8 Å². The molecule has 4 rings (SSSR count). The maximum Gasteiger partial charge on any atom is 0.233 e. The molecule has 3 N–H and O–H groups in total. The lowest BCUT2D eigenvalue weighted by Crippen LogP contribution is -2.51. The summed E-state index contributed by atoms with van der Waals surface area (Å²) in [5.41, 5.74) is 7.37. The molecule has 2 unspecified atom stereocenters. The van der Waals surface area contributed by atoms with Crippen LogP contribution in [0.4, 0.5) is 0 Å². The van der Waals surface area contributed by atoms with Crippen molar-refractivity contribution in [3.8, 4) is 5.75 Å². The summed E-state index contributed by atoms with van der Waals surface area (Å²) in [7, 11) is 2.30. The highest BCUT2D eigenvalue weighted by Crippen LogP contribution is 2.45. The van der Waals surface area contributed by atoms with Crippen LogP contribution in [0.25, 0.3) is 0 Å². The standard InChI is InChI=1S/C28H32N2O2S/c1-30(18-10-20-33-26-16-9-8-15-25(26)31)19-17-24(21-30)28(27(29)32,22-11-4-2-5-12-22)23-13-6-3-7-14-23/h2-9,11-16,24H,10,17-21H2,1H3,(H2-,29,31,32)/p+1. The number of aromatic hydroxyl groups is 1. The van der Waals surface area contributed by atoms with Crippen LogP contribution in [0, 0.1) is 5.92 Å². The number of hydrogen-bond donors (Lipinski definition) is 2. The molecule has 2 atom stereocenters. The lowest BCUT2D eigenvalue weighted by Gasteiger charge is -2.38. The maximum absolute atomic E-state index is 13.3. The summed E-state index contributed by atoms with van der Waals surface area (Å²) in [5.74, 6) is 1.17. The first-order chi connectivity index (χ1) is 16.0. The largest absolute Gasteiger partial charge is 0.507 e. The highest BCUT2D eigenvalue weighted by Gasteiger charge is 2.53. The number of phenols is 1. The molecule has 4 nitrogen and oxygen atoms in total. The Morgan fingerprint density at radius 3 is 2.15 bits per heavy atom. The number of quaternary nitrogens is 1. The van der Waals surface area contributed by atoms with E-state index in [0.717, 1.165) is 58.7 Å². The van der Waals surface area contributed by atoms with Crippen LogP contribution in [-0.4, -0.2) is 47.9 Å². The van der Waals surface area contributed by atoms with Crippen molar-refractivity contribution in [1.82, 2.24) is 0 Å². The lowest BCUT2D eigenvalue weighted by molar-refractivity contribution is -0.899. The molecule has 0 bridgehead atoms. The van der Waals surface area contributed by atoms with E-state index in [1.165, 1.54) is 0 Å². The summed E-state index contributed by atoms with van der Waals surface area (Å²) in [6.07, 6.45) is 2.00. The van der Waals surface area contributed by atoms with Gasteiger partial charge in [0.2, 0.25) is 5.91 Å². The molecule has 1 aliphatic rings. The molecule has 3 aromatic carbocycles. The van der Waals surface area contributed by atoms with Crippen molar-refractivity contribution < 1.29 is 14.4 Å². The molecule has 0 aromatic heterocycles. The molecule has 0 spiro atoms. The van der Waals surface area contributed by atoms with Gasteiger partial charge in [0.05, 0.1) is 26.7 Å². The van der Waals surface area contributed by atoms with E-state index in [0.29, 0.717) is 5.75 Å². The van der Waals surface area contributed by atoms with E-state index in [1.807, 2.05) is 78.9 Å². The van der Waals surface area contributed by atoms with Gasteiger partial charge in [0, 0.05) is 29.4 Å². The zero-order chi connectivity index (χ0) is 23.3. The Morgan fingerprint density at radius 1 is 1.00 bits per heavy atom. The third-order valence-electron chi connectivity index (χ3n) is 7.10. The first-order valence-electron chi connectivity index (χ1n) is 11.6. The zero-order valence-corrected chi connectivity index (χ0v) is 20.0. The fourth-order valence-corrected chi connectivity index (χ4v) is 6.36. The molecule has 0 aliphatic carbocycles. The van der Waals surface area contributed by atoms with E-state index in [4.69, 9.17) is 5.73 Å². The van der Waals surface area contributed by atoms with Gasteiger partial charge < -0.3 is 15.3 Å². The van der Waals surface area contributed by atoms with E-state index in [2.05, 4.69) is 7.05 Å². The van der Waals surface area contributed by atoms with E-state index in [-0.39, 0.29) is 11.8 Å². The first-order valence-corrected chi connectivity index (χ1v) is 12.6. The number of amides is 1. The van der Waals surface area contributed by atoms with Gasteiger partial charge >= 0.3 is 0 Å². The quantitative estimate of drug-likeness (QED) is 0.273. The number of thioether (sulfide) groups is 1. The SMILES string of the molecule is C[N+]1(CCCSc2ccccc2O)CCC(C(C(N)=O)(c2ccccc2)c2ccccc2)C1. The second-order valence-corrected chi connectivity index (χ2v) is 10.4. The molecule has 0 radical (unpaired) electrons. The van der Waals surface area contributed by atoms with Crippen LogP contribution in [-0.2, 0) is 10.2 Å². The van der Waals surface area contributed by atoms with Crippen molar-refractivity contribution >= 4 is 17.7 Å². The first kappa shape index (κ1) is 23.4. The molecule has 172 valence electrons. The highest BCUT2D eigenvalue weighted by molar-refractivity contribution is 7.99. The summed E-state index contributed by atoms with van der Waals surface area (Å²) >= 11 is 1.70. The van der Waals surface area contributed by atoms with Gasteiger partial charge in [-0.25, -0.2) is 0 Å². The van der Waals surface area contributed by atoms with Gasteiger partial charge in [0.1, 0.15) is 11.2 Å². The summed E-state index contributed by atoms with van der Waals surface area (Å²) in [6.45, 7) is 2.98. The van der Waals surface area contributed by atoms with Crippen LogP contribution in [0.15, 0.2) is 89.8 Å². The lowest BCUT2D eigenvalue weighted by atomic mass is 9.64. The topological polar surface area (TPSA) is 63.3 Å². The van der Waals surface area contributed by atoms with Crippen molar-refractivity contribution in [2.75, 3.05) is 32.4 Å². The number of likely N-dealkylation sites (tertiary alicyclic amines) is 1. The molecular formula is C28H33N2O2S+. The normalized spacial score (nSPS) is 20.6. The van der Waals surface area contributed by atoms with Crippen LogP contribution < -0.4 is 5.73 Å². The van der Waals surface area contributed by atoms with Gasteiger partial charge in [-0.2, -0.15) is 0 Å². The molecule has 0 saturated carbocycles. The summed E-state index contributed by atoms with van der Waals surface area (Å²) in [5, 5.41) is 10.00. The Kier molecular flexibility index (Phi) is 7.11. The second kappa shape index (κ2) is 10.0. The monoisotopic (exact) mass is 461 g/mol. The molecule has 5 heteroatoms. The molecule has 1 aliphatic heterocycles. The number of nitrogens with two attached hydrogens (primary N) is 1. The number of hydrogen-bond acceptors (Lipinski definition) is 3. The maximum atomic E-state index is 13.3. The van der Waals surface area contributed by atoms with Crippen LogP contribution in [0.2, 0.25) is 0 Å². The molecule has 1 saturated heterocycles. The molecule has 1 fully saturated rings. The number of primary amides is 1. The van der Waals surface area contributed by atoms with E-state index >= 15 is 0 Å². The average molecular weight is 462 g/mol. The van der Waals surface area contributed by atoms with Crippen LogP contribution >= 0.6 is 11.8 Å². The number of nitrogens with zero attached hydrogens (tertiary/aromatic N) is 1. The smallest absolute Gasteiger partial charge is 0.233 e. The number of benzene rings is 3. The fourth-order valence-electron chi connectivity index (χ4n) is 5.47. The van der Waals surface area contributed by atoms with Crippen LogP contribution in [0.5, 0.6) is 5.75 Å². The molecule has 3 aromatic rings. The van der Waals surface area contributed by atoms with E-state index in [9.17, 15) is 9.90 Å². The zero-order valence-electron chi connectivity index (χ0n) is 19.2. The van der Waals surface area contributed by atoms with Gasteiger partial charge in [-0.05, 0) is 23.3 Å². The number of phenolic OH excluding ortho intramolecular Hbond substituents is 1. The minimum atomic E-state index is -0.830. The number of carbonyl (C=O) groups excluding carboxylic acids is 1. The van der Waals surface area contributed by atoms with Crippen molar-refractivity contribution in [3.63, 3.8) is 0 Å². The Hall–Kier alpha value is -2.76. The van der Waals surface area contributed by atoms with Crippen molar-refractivity contribution in [1.29, 1.82) is 0 Å². The summed E-state index contributed by atoms with van der Waals surface area (Å²) < 4.78 is 0.931. The van der Waals surface area contributed by atoms with Crippen molar-refractivity contribution in [2.45, 2.75) is 23.2 Å². The van der Waals surface area contributed by atoms with Gasteiger partial charge in [0.25, 0.3) is 0 Å². The third kappa shape index (κ3) is 4.80. The summed E-state index contributed by atoms with van der Waals surface area (Å²) in [4.78, 5) is 14.2. The predicted octanol–water partition coefficient (Wildman–Crippen LogP) is 4.81. The Morgan fingerprint density at radius 2 is 1.58 bits per heavy atom. The minimum Gasteiger partial charge on any atom is -0.507 e. The number of carbonyl (C=O) groups is 1. The fraction of sp³-hybridized carbons (Fsp3) is 0.321. The molecule has 1 heterocycles. The van der Waals surface area contributed by atoms with Gasteiger partial charge in [0.15, 0.2) is 0 Å². The van der Waals surface area contributed by atoms with Crippen LogP contribution in [0.1, 0.15) is 24.0 Å². The van der Waals surface area contributed by atoms with E-state index < -0.39 is 5.41 Å². The van der Waals surface area contributed by atoms with Gasteiger partial charge in [-0.15, -0.1) is 11.8 Å². The Balaban J connectivity index is 1.53. The molecule has 33 heavy (non-hydrogen) atoms. The number of para-hydroxylation sites is 1. The second-order valence-electron chi connectivity index (χ2n) is 9.31. The van der Waals surface area contributed by atoms with E-state index in [1.54, 1.807) is 17.8 Å². The number of rotatable bonds is 9. The summed E-state index contributed by atoms with van der Waals surface area (Å²) in [6, 6.07) is 27.6. The van der Waals surface area contributed by atoms with Crippen molar-refractivity contribution in [2.24, 2.45) is 11.7 Å². The molecule has 1 amide bonds. The minimum absolute atomic E-state index is 0.135. The van der Waals surface area contributed by atoms with Gasteiger partial charge in [-0.3, -0.25) is 4.79 Å².